The molecule has 2 nitrogen and oxygen atoms in total. The van der Waals surface area contributed by atoms with Gasteiger partial charge in [0.1, 0.15) is 11.6 Å². The maximum Gasteiger partial charge on any atom is 0.422 e. The minimum Gasteiger partial charge on any atom is -0.494 e. The highest BCUT2D eigenvalue weighted by atomic mass is 19.4. The molecule has 224 valence electrons. The maximum absolute atomic E-state index is 15.3. The second-order valence-electron chi connectivity index (χ2n) is 10.4. The average molecular weight is 589 g/mol. The smallest absolute Gasteiger partial charge is 0.422 e. The summed E-state index contributed by atoms with van der Waals surface area (Å²) in [6.07, 6.45) is 1.80. The Bertz CT molecular complexity index is 1440. The van der Waals surface area contributed by atoms with Crippen LogP contribution in [0.15, 0.2) is 66.7 Å². The number of hydrogen-bond donors (Lipinski definition) is 0. The zero-order valence-corrected chi connectivity index (χ0v) is 23.5. The van der Waals surface area contributed by atoms with Gasteiger partial charge in [-0.2, -0.15) is 13.2 Å². The molecule has 4 aromatic carbocycles. The number of ether oxygens (including phenoxy) is 2. The monoisotopic (exact) mass is 588 g/mol. The summed E-state index contributed by atoms with van der Waals surface area (Å²) in [6, 6.07) is 19.0. The van der Waals surface area contributed by atoms with Gasteiger partial charge >= 0.3 is 6.18 Å². The van der Waals surface area contributed by atoms with Crippen LogP contribution in [0.1, 0.15) is 54.9 Å². The van der Waals surface area contributed by atoms with E-state index in [1.54, 1.807) is 12.1 Å². The highest BCUT2D eigenvalue weighted by Gasteiger charge is 2.30. The van der Waals surface area contributed by atoms with Gasteiger partial charge in [0.2, 0.25) is 0 Å². The van der Waals surface area contributed by atoms with Crippen molar-refractivity contribution in [2.45, 2.75) is 64.5 Å². The lowest BCUT2D eigenvalue weighted by atomic mass is 9.97. The van der Waals surface area contributed by atoms with Crippen molar-refractivity contribution in [3.8, 4) is 11.5 Å². The summed E-state index contributed by atoms with van der Waals surface area (Å²) in [4.78, 5) is 0. The number of aryl methyl sites for hydroxylation is 4. The fourth-order valence-electron chi connectivity index (χ4n) is 4.82. The second-order valence-corrected chi connectivity index (χ2v) is 10.4. The van der Waals surface area contributed by atoms with Crippen molar-refractivity contribution in [1.29, 1.82) is 0 Å². The third-order valence-corrected chi connectivity index (χ3v) is 7.11. The Hall–Kier alpha value is -3.68. The quantitative estimate of drug-likeness (QED) is 0.108. The number of fused-ring (bicyclic) bond motifs is 1. The molecular weight excluding hydrogens is 554 g/mol. The summed E-state index contributed by atoms with van der Waals surface area (Å²) in [5.74, 6) is -3.08. The molecule has 0 aromatic heterocycles. The molecule has 0 aliphatic heterocycles. The number of rotatable bonds is 14. The van der Waals surface area contributed by atoms with Crippen molar-refractivity contribution in [3.63, 3.8) is 0 Å². The fraction of sp³-hybridized carbons (Fsp3) is 0.353. The Kier molecular flexibility index (Phi) is 10.8. The molecule has 4 aromatic rings. The van der Waals surface area contributed by atoms with Crippen LogP contribution in [-0.2, 0) is 25.7 Å². The van der Waals surface area contributed by atoms with Gasteiger partial charge in [0.15, 0.2) is 24.0 Å². The number of unbranched alkanes of at least 4 members (excludes halogenated alkanes) is 3. The predicted molar refractivity (Wildman–Crippen MR) is 153 cm³/mol. The third kappa shape index (κ3) is 8.91. The molecule has 0 saturated carbocycles. The van der Waals surface area contributed by atoms with Crippen LogP contribution in [0, 0.1) is 17.5 Å². The molecule has 0 heterocycles. The lowest BCUT2D eigenvalue weighted by Gasteiger charge is -2.12. The number of halogens is 6. The molecule has 0 saturated heterocycles. The van der Waals surface area contributed by atoms with Crippen molar-refractivity contribution in [2.24, 2.45) is 0 Å². The van der Waals surface area contributed by atoms with E-state index < -0.39 is 36.0 Å². The van der Waals surface area contributed by atoms with Crippen LogP contribution in [0.3, 0.4) is 0 Å². The van der Waals surface area contributed by atoms with Crippen molar-refractivity contribution >= 4 is 10.8 Å². The van der Waals surface area contributed by atoms with Crippen molar-refractivity contribution in [1.82, 2.24) is 0 Å². The molecule has 42 heavy (non-hydrogen) atoms. The Morgan fingerprint density at radius 3 is 2.00 bits per heavy atom. The van der Waals surface area contributed by atoms with Gasteiger partial charge in [-0.15, -0.1) is 0 Å². The first-order chi connectivity index (χ1) is 20.1. The lowest BCUT2D eigenvalue weighted by molar-refractivity contribution is -0.154. The molecule has 0 N–H and O–H groups in total. The first-order valence-corrected chi connectivity index (χ1v) is 14.2. The van der Waals surface area contributed by atoms with Gasteiger partial charge in [0.05, 0.1) is 6.61 Å². The molecule has 0 amide bonds. The van der Waals surface area contributed by atoms with E-state index in [9.17, 15) is 22.0 Å². The first kappa shape index (κ1) is 31.3. The molecule has 8 heteroatoms. The van der Waals surface area contributed by atoms with Crippen LogP contribution >= 0.6 is 0 Å². The van der Waals surface area contributed by atoms with E-state index in [1.807, 2.05) is 30.3 Å². The highest BCUT2D eigenvalue weighted by Crippen LogP contribution is 2.28. The Morgan fingerprint density at radius 1 is 0.643 bits per heavy atom. The van der Waals surface area contributed by atoms with E-state index in [-0.39, 0.29) is 18.4 Å². The second kappa shape index (κ2) is 14.5. The fourth-order valence-corrected chi connectivity index (χ4v) is 4.82. The molecular formula is C34H34F6O2. The Labute approximate surface area is 242 Å². The number of alkyl halides is 3. The van der Waals surface area contributed by atoms with Gasteiger partial charge in [0.25, 0.3) is 0 Å². The first-order valence-electron chi connectivity index (χ1n) is 14.2. The molecule has 0 unspecified atom stereocenters. The zero-order valence-electron chi connectivity index (χ0n) is 23.5. The largest absolute Gasteiger partial charge is 0.494 e. The van der Waals surface area contributed by atoms with E-state index in [0.717, 1.165) is 54.7 Å². The van der Waals surface area contributed by atoms with Crippen LogP contribution < -0.4 is 9.47 Å². The summed E-state index contributed by atoms with van der Waals surface area (Å²) in [5, 5.41) is 1.20. The topological polar surface area (TPSA) is 18.5 Å². The molecule has 0 aliphatic rings. The molecule has 4 rings (SSSR count). The average Bonchev–Trinajstić information content (AvgIpc) is 2.95. The molecule has 0 radical (unpaired) electrons. The zero-order chi connectivity index (χ0) is 30.1. The summed E-state index contributed by atoms with van der Waals surface area (Å²) >= 11 is 0. The predicted octanol–water partition coefficient (Wildman–Crippen LogP) is 9.73. The van der Waals surface area contributed by atoms with Crippen molar-refractivity contribution in [3.05, 3.63) is 106 Å². The van der Waals surface area contributed by atoms with Crippen LogP contribution in [0.5, 0.6) is 11.5 Å². The van der Waals surface area contributed by atoms with Gasteiger partial charge in [-0.05, 0) is 84.0 Å². The summed E-state index contributed by atoms with van der Waals surface area (Å²) < 4.78 is 90.7. The summed E-state index contributed by atoms with van der Waals surface area (Å²) in [5.41, 5.74) is 2.82. The maximum atomic E-state index is 15.3. The highest BCUT2D eigenvalue weighted by molar-refractivity contribution is 5.84. The SMILES string of the molecule is CCCCCCOc1ccc(CCc2ccc3c(F)c(CCc4cc(F)c(OCC(F)(F)F)c(F)c4)ccc3c2)cc1. The molecule has 0 bridgehead atoms. The van der Waals surface area contributed by atoms with Crippen LogP contribution in [0.4, 0.5) is 26.3 Å². The van der Waals surface area contributed by atoms with Gasteiger partial charge in [-0.3, -0.25) is 0 Å². The number of benzene rings is 4. The molecule has 0 aliphatic carbocycles. The third-order valence-electron chi connectivity index (χ3n) is 7.11. The van der Waals surface area contributed by atoms with Crippen LogP contribution in [-0.4, -0.2) is 19.4 Å². The van der Waals surface area contributed by atoms with E-state index in [1.165, 1.54) is 24.8 Å². The van der Waals surface area contributed by atoms with Gasteiger partial charge in [-0.25, -0.2) is 13.2 Å². The summed E-state index contributed by atoms with van der Waals surface area (Å²) in [7, 11) is 0. The van der Waals surface area contributed by atoms with Gasteiger partial charge in [0, 0.05) is 5.39 Å². The van der Waals surface area contributed by atoms with E-state index in [4.69, 9.17) is 4.74 Å². The van der Waals surface area contributed by atoms with Crippen LogP contribution in [0.2, 0.25) is 0 Å². The van der Waals surface area contributed by atoms with Gasteiger partial charge in [-0.1, -0.05) is 68.7 Å². The molecule has 0 fully saturated rings. The standard InChI is InChI=1S/C34H34F6O2/c1-2-3-4-5-18-41-28-15-9-23(10-16-28)6-7-24-11-17-29-27(19-24)14-13-26(32(29)37)12-8-25-20-30(35)33(31(36)21-25)42-22-34(38,39)40/h9-11,13-17,19-21H,2-8,12,18,22H2,1H3. The molecule has 0 spiro atoms. The lowest BCUT2D eigenvalue weighted by Crippen LogP contribution is -2.20. The Balaban J connectivity index is 1.33. The van der Waals surface area contributed by atoms with E-state index >= 15 is 4.39 Å². The minimum atomic E-state index is -4.72. The van der Waals surface area contributed by atoms with E-state index in [0.29, 0.717) is 10.9 Å². The van der Waals surface area contributed by atoms with Gasteiger partial charge < -0.3 is 9.47 Å². The van der Waals surface area contributed by atoms with Crippen molar-refractivity contribution in [2.75, 3.05) is 13.2 Å². The Morgan fingerprint density at radius 2 is 1.31 bits per heavy atom. The summed E-state index contributed by atoms with van der Waals surface area (Å²) in [6.45, 7) is 1.11. The minimum absolute atomic E-state index is 0.0938. The van der Waals surface area contributed by atoms with Crippen LogP contribution in [0.25, 0.3) is 10.8 Å². The normalized spacial score (nSPS) is 11.7. The number of hydrogen-bond acceptors (Lipinski definition) is 2. The van der Waals surface area contributed by atoms with E-state index in [2.05, 4.69) is 23.8 Å². The van der Waals surface area contributed by atoms with Crippen molar-refractivity contribution < 1.29 is 35.8 Å². The molecule has 0 atom stereocenters.